The first-order valence-corrected chi connectivity index (χ1v) is 9.33. The molecule has 0 spiro atoms. The summed E-state index contributed by atoms with van der Waals surface area (Å²) < 4.78 is 10.6. The fraction of sp³-hybridized carbons (Fsp3) is 0.208. The number of terminal acetylenes is 1. The summed E-state index contributed by atoms with van der Waals surface area (Å²) in [7, 11) is 0. The Morgan fingerprint density at radius 3 is 2.32 bits per heavy atom. The second kappa shape index (κ2) is 8.26. The Hall–Kier alpha value is -3.13. The van der Waals surface area contributed by atoms with Gasteiger partial charge in [0.05, 0.1) is 19.8 Å². The first-order chi connectivity index (χ1) is 13.8. The molecular formula is C24H21NO3. The molecule has 0 aliphatic rings. The summed E-state index contributed by atoms with van der Waals surface area (Å²) in [6.45, 7) is 2.06. The minimum atomic E-state index is -0.0925. The molecule has 140 valence electrons. The van der Waals surface area contributed by atoms with Gasteiger partial charge in [-0.25, -0.2) is 0 Å². The van der Waals surface area contributed by atoms with E-state index in [1.165, 1.54) is 16.2 Å². The Balaban J connectivity index is 1.49. The number of rotatable bonds is 8. The fourth-order valence-electron chi connectivity index (χ4n) is 3.62. The van der Waals surface area contributed by atoms with Gasteiger partial charge in [0.25, 0.3) is 5.91 Å². The Kier molecular flexibility index (Phi) is 5.38. The van der Waals surface area contributed by atoms with Crippen LogP contribution in [0.2, 0.25) is 0 Å². The van der Waals surface area contributed by atoms with Crippen molar-refractivity contribution in [3.63, 3.8) is 0 Å². The number of hydrogen-bond donors (Lipinski definition) is 1. The molecule has 0 atom stereocenters. The van der Waals surface area contributed by atoms with E-state index in [0.717, 1.165) is 16.2 Å². The van der Waals surface area contributed by atoms with Crippen molar-refractivity contribution in [2.24, 2.45) is 0 Å². The third-order valence-electron chi connectivity index (χ3n) is 4.86. The molecule has 0 bridgehead atoms. The van der Waals surface area contributed by atoms with Crippen molar-refractivity contribution in [3.05, 3.63) is 60.2 Å². The zero-order valence-electron chi connectivity index (χ0n) is 15.5. The lowest BCUT2D eigenvalue weighted by atomic mass is 9.92. The van der Waals surface area contributed by atoms with Crippen molar-refractivity contribution in [1.29, 1.82) is 0 Å². The summed E-state index contributed by atoms with van der Waals surface area (Å²) in [5, 5.41) is 9.79. The monoisotopic (exact) mass is 371 g/mol. The van der Waals surface area contributed by atoms with Gasteiger partial charge in [-0.3, -0.25) is 4.79 Å². The Morgan fingerprint density at radius 1 is 0.857 bits per heavy atom. The standard InChI is InChI=1S/C24H21NO3/c1-2-13-27-15-16-28-14-12-25-24(26)21-11-9-19-7-6-17-4-3-5-18-8-10-20(21)23(19)22(17)18/h1,3-11H,12-16H2,(H,25,26). The number of hydrogen-bond acceptors (Lipinski definition) is 3. The molecular weight excluding hydrogens is 350 g/mol. The third-order valence-corrected chi connectivity index (χ3v) is 4.86. The van der Waals surface area contributed by atoms with Crippen LogP contribution in [0.5, 0.6) is 0 Å². The van der Waals surface area contributed by atoms with Crippen molar-refractivity contribution in [2.75, 3.05) is 33.0 Å². The topological polar surface area (TPSA) is 47.6 Å². The van der Waals surface area contributed by atoms with E-state index in [2.05, 4.69) is 47.6 Å². The molecule has 0 aromatic heterocycles. The van der Waals surface area contributed by atoms with Crippen molar-refractivity contribution >= 4 is 38.2 Å². The summed E-state index contributed by atoms with van der Waals surface area (Å²) in [5.41, 5.74) is 0.683. The maximum atomic E-state index is 12.8. The highest BCUT2D eigenvalue weighted by molar-refractivity contribution is 6.26. The maximum absolute atomic E-state index is 12.8. The molecule has 4 nitrogen and oxygen atoms in total. The lowest BCUT2D eigenvalue weighted by Crippen LogP contribution is -2.27. The average Bonchev–Trinajstić information content (AvgIpc) is 2.73. The predicted molar refractivity (Wildman–Crippen MR) is 113 cm³/mol. The van der Waals surface area contributed by atoms with E-state index in [-0.39, 0.29) is 12.5 Å². The fourth-order valence-corrected chi connectivity index (χ4v) is 3.62. The van der Waals surface area contributed by atoms with Crippen LogP contribution in [0, 0.1) is 12.3 Å². The largest absolute Gasteiger partial charge is 0.377 e. The average molecular weight is 371 g/mol. The van der Waals surface area contributed by atoms with E-state index >= 15 is 0 Å². The zero-order chi connectivity index (χ0) is 19.3. The van der Waals surface area contributed by atoms with Crippen molar-refractivity contribution in [1.82, 2.24) is 5.32 Å². The highest BCUT2D eigenvalue weighted by Gasteiger charge is 2.14. The molecule has 28 heavy (non-hydrogen) atoms. The van der Waals surface area contributed by atoms with Crippen molar-refractivity contribution in [3.8, 4) is 12.3 Å². The van der Waals surface area contributed by atoms with E-state index in [1.807, 2.05) is 18.2 Å². The number of carbonyl (C=O) groups excluding carboxylic acids is 1. The number of amides is 1. The molecule has 0 aliphatic carbocycles. The van der Waals surface area contributed by atoms with Gasteiger partial charge in [-0.1, -0.05) is 54.5 Å². The maximum Gasteiger partial charge on any atom is 0.251 e. The summed E-state index contributed by atoms with van der Waals surface area (Å²) in [6, 6.07) is 18.6. The van der Waals surface area contributed by atoms with Gasteiger partial charge in [-0.05, 0) is 38.4 Å². The second-order valence-electron chi connectivity index (χ2n) is 6.59. The van der Waals surface area contributed by atoms with E-state index < -0.39 is 0 Å². The Morgan fingerprint density at radius 2 is 1.54 bits per heavy atom. The SMILES string of the molecule is C#CCOCCOCCNC(=O)c1ccc2ccc3cccc4ccc1c2c34. The Labute approximate surface area is 163 Å². The number of nitrogens with one attached hydrogen (secondary N) is 1. The smallest absolute Gasteiger partial charge is 0.251 e. The molecule has 0 fully saturated rings. The van der Waals surface area contributed by atoms with E-state index in [0.29, 0.717) is 31.9 Å². The van der Waals surface area contributed by atoms with Gasteiger partial charge < -0.3 is 14.8 Å². The molecule has 4 rings (SSSR count). The normalized spacial score (nSPS) is 11.2. The van der Waals surface area contributed by atoms with Gasteiger partial charge in [0.15, 0.2) is 0 Å². The highest BCUT2D eigenvalue weighted by Crippen LogP contribution is 2.35. The van der Waals surface area contributed by atoms with Crippen LogP contribution in [0.15, 0.2) is 54.6 Å². The van der Waals surface area contributed by atoms with Gasteiger partial charge in [0.1, 0.15) is 6.61 Å². The molecule has 1 amide bonds. The van der Waals surface area contributed by atoms with Gasteiger partial charge >= 0.3 is 0 Å². The molecule has 4 aromatic rings. The predicted octanol–water partition coefficient (Wildman–Crippen LogP) is 3.98. The van der Waals surface area contributed by atoms with Crippen LogP contribution in [0.4, 0.5) is 0 Å². The van der Waals surface area contributed by atoms with Gasteiger partial charge in [0.2, 0.25) is 0 Å². The first-order valence-electron chi connectivity index (χ1n) is 9.33. The minimum absolute atomic E-state index is 0.0925. The molecule has 0 aliphatic heterocycles. The quantitative estimate of drug-likeness (QED) is 0.290. The number of benzene rings is 4. The lowest BCUT2D eigenvalue weighted by Gasteiger charge is -2.14. The molecule has 1 N–H and O–H groups in total. The summed E-state index contributed by atoms with van der Waals surface area (Å²) in [4.78, 5) is 12.8. The number of ether oxygens (including phenoxy) is 2. The van der Waals surface area contributed by atoms with Crippen LogP contribution in [-0.2, 0) is 9.47 Å². The van der Waals surface area contributed by atoms with Crippen LogP contribution < -0.4 is 5.32 Å². The Bertz CT molecular complexity index is 1140. The minimum Gasteiger partial charge on any atom is -0.377 e. The van der Waals surface area contributed by atoms with Gasteiger partial charge in [-0.2, -0.15) is 0 Å². The molecule has 0 saturated heterocycles. The molecule has 0 unspecified atom stereocenters. The second-order valence-corrected chi connectivity index (χ2v) is 6.59. The van der Waals surface area contributed by atoms with E-state index in [9.17, 15) is 4.79 Å². The van der Waals surface area contributed by atoms with Crippen LogP contribution in [-0.4, -0.2) is 38.9 Å². The van der Waals surface area contributed by atoms with Crippen LogP contribution in [0.1, 0.15) is 10.4 Å². The zero-order valence-corrected chi connectivity index (χ0v) is 15.5. The molecule has 4 heteroatoms. The van der Waals surface area contributed by atoms with Crippen LogP contribution in [0.3, 0.4) is 0 Å². The highest BCUT2D eigenvalue weighted by atomic mass is 16.5. The summed E-state index contributed by atoms with van der Waals surface area (Å²) in [5.74, 6) is 2.31. The van der Waals surface area contributed by atoms with Gasteiger partial charge in [-0.15, -0.1) is 6.42 Å². The van der Waals surface area contributed by atoms with Gasteiger partial charge in [0, 0.05) is 12.1 Å². The summed E-state index contributed by atoms with van der Waals surface area (Å²) in [6.07, 6.45) is 5.10. The third kappa shape index (κ3) is 3.50. The van der Waals surface area contributed by atoms with Crippen LogP contribution in [0.25, 0.3) is 32.3 Å². The molecule has 0 radical (unpaired) electrons. The lowest BCUT2D eigenvalue weighted by molar-refractivity contribution is 0.0600. The molecule has 0 heterocycles. The van der Waals surface area contributed by atoms with Crippen LogP contribution >= 0.6 is 0 Å². The number of carbonyl (C=O) groups is 1. The van der Waals surface area contributed by atoms with Crippen molar-refractivity contribution in [2.45, 2.75) is 0 Å². The summed E-state index contributed by atoms with van der Waals surface area (Å²) >= 11 is 0. The first kappa shape index (κ1) is 18.2. The van der Waals surface area contributed by atoms with E-state index in [4.69, 9.17) is 15.9 Å². The van der Waals surface area contributed by atoms with Crippen molar-refractivity contribution < 1.29 is 14.3 Å². The van der Waals surface area contributed by atoms with E-state index in [1.54, 1.807) is 0 Å². The molecule has 4 aromatic carbocycles. The molecule has 0 saturated carbocycles.